The molecule has 0 heterocycles. The van der Waals surface area contributed by atoms with Crippen LogP contribution in [0.3, 0.4) is 0 Å². The Hall–Kier alpha value is -0.970. The van der Waals surface area contributed by atoms with Crippen molar-refractivity contribution in [3.8, 4) is 5.75 Å². The lowest BCUT2D eigenvalue weighted by atomic mass is 10.2. The van der Waals surface area contributed by atoms with Crippen LogP contribution in [0.25, 0.3) is 0 Å². The molecular formula is C12H18ClNO3. The van der Waals surface area contributed by atoms with Crippen LogP contribution in [0.2, 0.25) is 5.02 Å². The summed E-state index contributed by atoms with van der Waals surface area (Å²) in [7, 11) is 0. The summed E-state index contributed by atoms with van der Waals surface area (Å²) in [5.74, 6) is 0.584. The minimum Gasteiger partial charge on any atom is -0.490 e. The van der Waals surface area contributed by atoms with Gasteiger partial charge in [-0.3, -0.25) is 0 Å². The van der Waals surface area contributed by atoms with Gasteiger partial charge in [0.2, 0.25) is 0 Å². The predicted octanol–water partition coefficient (Wildman–Crippen LogP) is 1.89. The second-order valence-corrected chi connectivity index (χ2v) is 4.09. The van der Waals surface area contributed by atoms with Gasteiger partial charge in [0, 0.05) is 6.54 Å². The fourth-order valence-electron chi connectivity index (χ4n) is 1.29. The first-order chi connectivity index (χ1) is 8.19. The lowest BCUT2D eigenvalue weighted by Gasteiger charge is -2.15. The number of nitrogens with one attached hydrogen (secondary N) is 1. The van der Waals surface area contributed by atoms with E-state index in [-0.39, 0.29) is 13.2 Å². The second-order valence-electron chi connectivity index (χ2n) is 3.68. The lowest BCUT2D eigenvalue weighted by Crippen LogP contribution is -2.23. The van der Waals surface area contributed by atoms with E-state index >= 15 is 0 Å². The zero-order valence-corrected chi connectivity index (χ0v) is 10.6. The minimum absolute atomic E-state index is 0.249. The van der Waals surface area contributed by atoms with Crippen LogP contribution in [0, 0.1) is 0 Å². The molecule has 0 fully saturated rings. The Morgan fingerprint density at radius 2 is 2.24 bits per heavy atom. The Labute approximate surface area is 106 Å². The van der Waals surface area contributed by atoms with E-state index in [0.717, 1.165) is 12.1 Å². The normalized spacial score (nSPS) is 12.2. The van der Waals surface area contributed by atoms with E-state index in [2.05, 4.69) is 5.32 Å². The van der Waals surface area contributed by atoms with Gasteiger partial charge < -0.3 is 20.3 Å². The van der Waals surface area contributed by atoms with E-state index in [4.69, 9.17) is 21.4 Å². The Morgan fingerprint density at radius 3 is 2.88 bits per heavy atom. The van der Waals surface area contributed by atoms with Crippen LogP contribution in [0.5, 0.6) is 5.75 Å². The summed E-state index contributed by atoms with van der Waals surface area (Å²) in [6, 6.07) is 5.37. The highest BCUT2D eigenvalue weighted by Gasteiger charge is 2.09. The van der Waals surface area contributed by atoms with Gasteiger partial charge in [0.25, 0.3) is 0 Å². The number of ether oxygens (including phenoxy) is 1. The van der Waals surface area contributed by atoms with Crippen LogP contribution in [-0.2, 0) is 0 Å². The van der Waals surface area contributed by atoms with Gasteiger partial charge >= 0.3 is 0 Å². The molecule has 0 saturated carbocycles. The van der Waals surface area contributed by atoms with Crippen LogP contribution < -0.4 is 10.1 Å². The monoisotopic (exact) mass is 259 g/mol. The van der Waals surface area contributed by atoms with E-state index in [1.54, 1.807) is 12.1 Å². The van der Waals surface area contributed by atoms with Crippen LogP contribution in [0.15, 0.2) is 18.2 Å². The molecule has 0 amide bonds. The van der Waals surface area contributed by atoms with Crippen LogP contribution in [0.4, 0.5) is 5.69 Å². The number of benzene rings is 1. The Morgan fingerprint density at radius 1 is 1.47 bits per heavy atom. The largest absolute Gasteiger partial charge is 0.490 e. The van der Waals surface area contributed by atoms with Gasteiger partial charge in [-0.1, -0.05) is 24.6 Å². The molecule has 1 aromatic rings. The van der Waals surface area contributed by atoms with E-state index in [1.165, 1.54) is 0 Å². The number of aliphatic hydroxyl groups excluding tert-OH is 2. The van der Waals surface area contributed by atoms with Gasteiger partial charge in [0.05, 0.1) is 30.0 Å². The number of hydrogen-bond acceptors (Lipinski definition) is 4. The fraction of sp³-hybridized carbons (Fsp3) is 0.500. The van der Waals surface area contributed by atoms with Gasteiger partial charge in [0.1, 0.15) is 0 Å². The topological polar surface area (TPSA) is 61.7 Å². The highest BCUT2D eigenvalue weighted by Crippen LogP contribution is 2.32. The summed E-state index contributed by atoms with van der Waals surface area (Å²) in [6.07, 6.45) is 0.0946. The molecule has 0 spiro atoms. The smallest absolute Gasteiger partial charge is 0.160 e. The summed E-state index contributed by atoms with van der Waals surface area (Å²) >= 11 is 6.04. The molecular weight excluding hydrogens is 242 g/mol. The first kappa shape index (κ1) is 14.1. The standard InChI is InChI=1S/C12H18ClNO3/c1-2-6-17-12-10(13)4-3-5-11(12)14-7-9(16)8-15/h3-5,9,14-16H,2,6-8H2,1H3. The summed E-state index contributed by atoms with van der Waals surface area (Å²) in [5.41, 5.74) is 0.721. The van der Waals surface area contributed by atoms with E-state index < -0.39 is 6.10 Å². The second kappa shape index (κ2) is 7.37. The molecule has 0 radical (unpaired) electrons. The number of rotatable bonds is 7. The van der Waals surface area contributed by atoms with Crippen molar-refractivity contribution in [1.29, 1.82) is 0 Å². The number of para-hydroxylation sites is 1. The molecule has 0 aliphatic heterocycles. The summed E-state index contributed by atoms with van der Waals surface area (Å²) < 4.78 is 5.54. The summed E-state index contributed by atoms with van der Waals surface area (Å²) in [6.45, 7) is 2.57. The van der Waals surface area contributed by atoms with E-state index in [9.17, 15) is 5.11 Å². The molecule has 0 aliphatic rings. The lowest BCUT2D eigenvalue weighted by molar-refractivity contribution is 0.105. The molecule has 0 aliphatic carbocycles. The van der Waals surface area contributed by atoms with Crippen LogP contribution >= 0.6 is 11.6 Å². The molecule has 5 heteroatoms. The fourth-order valence-corrected chi connectivity index (χ4v) is 1.52. The maximum atomic E-state index is 9.27. The van der Waals surface area contributed by atoms with Crippen molar-refractivity contribution in [1.82, 2.24) is 0 Å². The van der Waals surface area contributed by atoms with Crippen LogP contribution in [0.1, 0.15) is 13.3 Å². The zero-order valence-electron chi connectivity index (χ0n) is 9.82. The quantitative estimate of drug-likeness (QED) is 0.700. The SMILES string of the molecule is CCCOc1c(Cl)cccc1NCC(O)CO. The molecule has 1 rings (SSSR count). The van der Waals surface area contributed by atoms with E-state index in [0.29, 0.717) is 17.4 Å². The third kappa shape index (κ3) is 4.42. The van der Waals surface area contributed by atoms with E-state index in [1.807, 2.05) is 13.0 Å². The van der Waals surface area contributed by atoms with Crippen molar-refractivity contribution in [2.45, 2.75) is 19.4 Å². The van der Waals surface area contributed by atoms with Gasteiger partial charge in [-0.15, -0.1) is 0 Å². The molecule has 1 unspecified atom stereocenters. The maximum Gasteiger partial charge on any atom is 0.160 e. The first-order valence-electron chi connectivity index (χ1n) is 5.63. The third-order valence-corrected chi connectivity index (χ3v) is 2.45. The third-order valence-electron chi connectivity index (χ3n) is 2.16. The first-order valence-corrected chi connectivity index (χ1v) is 6.01. The van der Waals surface area contributed by atoms with Crippen molar-refractivity contribution in [3.05, 3.63) is 23.2 Å². The number of hydrogen-bond donors (Lipinski definition) is 3. The van der Waals surface area contributed by atoms with Gasteiger partial charge in [0.15, 0.2) is 5.75 Å². The molecule has 0 saturated heterocycles. The molecule has 4 nitrogen and oxygen atoms in total. The minimum atomic E-state index is -0.798. The molecule has 1 atom stereocenters. The molecule has 0 bridgehead atoms. The highest BCUT2D eigenvalue weighted by molar-refractivity contribution is 6.32. The zero-order chi connectivity index (χ0) is 12.7. The van der Waals surface area contributed by atoms with Crippen molar-refractivity contribution in [2.24, 2.45) is 0 Å². The number of halogens is 1. The molecule has 1 aromatic carbocycles. The highest BCUT2D eigenvalue weighted by atomic mass is 35.5. The van der Waals surface area contributed by atoms with Crippen LogP contribution in [-0.4, -0.2) is 36.1 Å². The van der Waals surface area contributed by atoms with Gasteiger partial charge in [-0.05, 0) is 18.6 Å². The molecule has 17 heavy (non-hydrogen) atoms. The van der Waals surface area contributed by atoms with Gasteiger partial charge in [-0.2, -0.15) is 0 Å². The maximum absolute atomic E-state index is 9.27. The van der Waals surface area contributed by atoms with Crippen molar-refractivity contribution >= 4 is 17.3 Å². The summed E-state index contributed by atoms with van der Waals surface area (Å²) in [5, 5.41) is 21.5. The molecule has 3 N–H and O–H groups in total. The Kier molecular flexibility index (Phi) is 6.11. The molecule has 96 valence electrons. The summed E-state index contributed by atoms with van der Waals surface area (Å²) in [4.78, 5) is 0. The number of anilines is 1. The van der Waals surface area contributed by atoms with Crippen molar-refractivity contribution in [2.75, 3.05) is 25.1 Å². The van der Waals surface area contributed by atoms with Crippen molar-refractivity contribution in [3.63, 3.8) is 0 Å². The molecule has 0 aromatic heterocycles. The van der Waals surface area contributed by atoms with Gasteiger partial charge in [-0.25, -0.2) is 0 Å². The average Bonchev–Trinajstić information content (AvgIpc) is 2.34. The predicted molar refractivity (Wildman–Crippen MR) is 68.8 cm³/mol. The van der Waals surface area contributed by atoms with Crippen molar-refractivity contribution < 1.29 is 14.9 Å². The average molecular weight is 260 g/mol. The number of aliphatic hydroxyl groups is 2. The Balaban J connectivity index is 2.72. The Bertz CT molecular complexity index is 347.